The van der Waals surface area contributed by atoms with Crippen molar-refractivity contribution in [1.82, 2.24) is 5.32 Å². The summed E-state index contributed by atoms with van der Waals surface area (Å²) < 4.78 is 19.9. The molecule has 0 spiro atoms. The Balaban J connectivity index is 2.04. The summed E-state index contributed by atoms with van der Waals surface area (Å²) in [5, 5.41) is 3.19. The van der Waals surface area contributed by atoms with Crippen LogP contribution in [0.4, 0.5) is 4.39 Å². The summed E-state index contributed by atoms with van der Waals surface area (Å²) in [7, 11) is 3.52. The Bertz CT molecular complexity index is 586. The van der Waals surface area contributed by atoms with E-state index in [4.69, 9.17) is 4.74 Å². The molecule has 0 radical (unpaired) electrons. The summed E-state index contributed by atoms with van der Waals surface area (Å²) in [5.41, 5.74) is 1.92. The van der Waals surface area contributed by atoms with Gasteiger partial charge >= 0.3 is 0 Å². The lowest BCUT2D eigenvalue weighted by molar-refractivity contribution is 0.414. The van der Waals surface area contributed by atoms with Crippen molar-refractivity contribution in [2.45, 2.75) is 18.9 Å². The van der Waals surface area contributed by atoms with Gasteiger partial charge in [0.05, 0.1) is 7.11 Å². The van der Waals surface area contributed by atoms with Crippen molar-refractivity contribution in [2.75, 3.05) is 14.2 Å². The van der Waals surface area contributed by atoms with Crippen LogP contribution in [-0.2, 0) is 6.42 Å². The van der Waals surface area contributed by atoms with Crippen molar-refractivity contribution in [3.63, 3.8) is 0 Å². The van der Waals surface area contributed by atoms with Crippen LogP contribution in [0.1, 0.15) is 23.6 Å². The Labute approximate surface area is 133 Å². The van der Waals surface area contributed by atoms with Crippen LogP contribution in [0, 0.1) is 5.82 Å². The van der Waals surface area contributed by atoms with E-state index in [2.05, 4.69) is 21.2 Å². The number of methoxy groups -OCH3 is 1. The minimum absolute atomic E-state index is 0.000187. The van der Waals surface area contributed by atoms with Crippen LogP contribution in [-0.4, -0.2) is 14.2 Å². The first kappa shape index (κ1) is 16.0. The lowest BCUT2D eigenvalue weighted by atomic mass is 9.98. The van der Waals surface area contributed by atoms with Crippen molar-refractivity contribution in [2.24, 2.45) is 0 Å². The van der Waals surface area contributed by atoms with Gasteiger partial charge in [0.15, 0.2) is 0 Å². The topological polar surface area (TPSA) is 21.3 Å². The first-order valence-corrected chi connectivity index (χ1v) is 7.68. The molecular formula is C17H19BrFNO. The predicted molar refractivity (Wildman–Crippen MR) is 87.2 cm³/mol. The molecule has 0 aromatic heterocycles. The zero-order valence-electron chi connectivity index (χ0n) is 12.2. The normalized spacial score (nSPS) is 12.2. The lowest BCUT2D eigenvalue weighted by Gasteiger charge is -2.17. The van der Waals surface area contributed by atoms with Gasteiger partial charge in [-0.15, -0.1) is 0 Å². The summed E-state index contributed by atoms with van der Waals surface area (Å²) in [6, 6.07) is 13.2. The highest BCUT2D eigenvalue weighted by molar-refractivity contribution is 9.10. The van der Waals surface area contributed by atoms with E-state index in [0.717, 1.165) is 23.1 Å². The second-order valence-electron chi connectivity index (χ2n) is 4.89. The predicted octanol–water partition coefficient (Wildman–Crippen LogP) is 4.49. The molecular weight excluding hydrogens is 333 g/mol. The smallest absolute Gasteiger partial charge is 0.129 e. The largest absolute Gasteiger partial charge is 0.497 e. The average Bonchev–Trinajstić information content (AvgIpc) is 2.50. The average molecular weight is 352 g/mol. The SMILES string of the molecule is CNC(CCc1ccc(OC)cc1)c1ccc(Br)cc1F. The Kier molecular flexibility index (Phi) is 5.76. The molecule has 2 aromatic rings. The van der Waals surface area contributed by atoms with Crippen molar-refractivity contribution in [3.05, 3.63) is 63.9 Å². The second-order valence-corrected chi connectivity index (χ2v) is 5.81. The first-order valence-electron chi connectivity index (χ1n) is 6.89. The summed E-state index contributed by atoms with van der Waals surface area (Å²) in [6.07, 6.45) is 1.71. The Hall–Kier alpha value is -1.39. The molecule has 0 aliphatic heterocycles. The number of halogens is 2. The molecule has 4 heteroatoms. The van der Waals surface area contributed by atoms with E-state index in [-0.39, 0.29) is 11.9 Å². The number of benzene rings is 2. The quantitative estimate of drug-likeness (QED) is 0.827. The summed E-state index contributed by atoms with van der Waals surface area (Å²) in [6.45, 7) is 0. The minimum atomic E-state index is -0.182. The molecule has 1 unspecified atom stereocenters. The van der Waals surface area contributed by atoms with E-state index >= 15 is 0 Å². The summed E-state index contributed by atoms with van der Waals surface area (Å²) in [4.78, 5) is 0. The van der Waals surface area contributed by atoms with Crippen LogP contribution in [0.25, 0.3) is 0 Å². The molecule has 21 heavy (non-hydrogen) atoms. The van der Waals surface area contributed by atoms with Gasteiger partial charge in [-0.25, -0.2) is 4.39 Å². The van der Waals surface area contributed by atoms with Crippen LogP contribution in [0.15, 0.2) is 46.9 Å². The first-order chi connectivity index (χ1) is 10.1. The molecule has 0 aliphatic rings. The lowest BCUT2D eigenvalue weighted by Crippen LogP contribution is -2.18. The van der Waals surface area contributed by atoms with E-state index in [9.17, 15) is 4.39 Å². The van der Waals surface area contributed by atoms with Gasteiger partial charge in [-0.05, 0) is 49.7 Å². The summed E-state index contributed by atoms with van der Waals surface area (Å²) >= 11 is 3.28. The van der Waals surface area contributed by atoms with Crippen molar-refractivity contribution >= 4 is 15.9 Å². The number of ether oxygens (including phenoxy) is 1. The number of hydrogen-bond donors (Lipinski definition) is 1. The fourth-order valence-corrected chi connectivity index (χ4v) is 2.68. The van der Waals surface area contributed by atoms with E-state index in [0.29, 0.717) is 5.56 Å². The number of nitrogens with one attached hydrogen (secondary N) is 1. The maximum Gasteiger partial charge on any atom is 0.129 e. The van der Waals surface area contributed by atoms with E-state index in [1.165, 1.54) is 11.6 Å². The molecule has 0 fully saturated rings. The van der Waals surface area contributed by atoms with Gasteiger partial charge in [0.1, 0.15) is 11.6 Å². The number of rotatable bonds is 6. The molecule has 2 aromatic carbocycles. The van der Waals surface area contributed by atoms with Crippen LogP contribution in [0.5, 0.6) is 5.75 Å². The van der Waals surface area contributed by atoms with E-state index < -0.39 is 0 Å². The van der Waals surface area contributed by atoms with Gasteiger partial charge in [-0.2, -0.15) is 0 Å². The van der Waals surface area contributed by atoms with Crippen molar-refractivity contribution in [3.8, 4) is 5.75 Å². The third kappa shape index (κ3) is 4.29. The number of hydrogen-bond acceptors (Lipinski definition) is 2. The van der Waals surface area contributed by atoms with Gasteiger partial charge in [-0.3, -0.25) is 0 Å². The maximum absolute atomic E-state index is 14.0. The maximum atomic E-state index is 14.0. The van der Waals surface area contributed by atoms with Gasteiger partial charge < -0.3 is 10.1 Å². The minimum Gasteiger partial charge on any atom is -0.497 e. The third-order valence-electron chi connectivity index (χ3n) is 3.57. The van der Waals surface area contributed by atoms with Gasteiger partial charge in [-0.1, -0.05) is 34.1 Å². The van der Waals surface area contributed by atoms with Gasteiger partial charge in [0.25, 0.3) is 0 Å². The molecule has 0 saturated heterocycles. The molecule has 112 valence electrons. The Morgan fingerprint density at radius 2 is 1.90 bits per heavy atom. The molecule has 2 rings (SSSR count). The van der Waals surface area contributed by atoms with Crippen LogP contribution in [0.3, 0.4) is 0 Å². The molecule has 1 atom stereocenters. The van der Waals surface area contributed by atoms with Crippen LogP contribution in [0.2, 0.25) is 0 Å². The van der Waals surface area contributed by atoms with E-state index in [1.54, 1.807) is 7.11 Å². The van der Waals surface area contributed by atoms with Gasteiger partial charge in [0.2, 0.25) is 0 Å². The standard InChI is InChI=1S/C17H19BrFNO/c1-20-17(15-9-6-13(18)11-16(15)19)10-5-12-3-7-14(21-2)8-4-12/h3-4,6-9,11,17,20H,5,10H2,1-2H3. The highest BCUT2D eigenvalue weighted by atomic mass is 79.9. The molecule has 1 N–H and O–H groups in total. The van der Waals surface area contributed by atoms with Gasteiger partial charge in [0, 0.05) is 16.1 Å². The molecule has 0 saturated carbocycles. The van der Waals surface area contributed by atoms with Crippen LogP contribution < -0.4 is 10.1 Å². The highest BCUT2D eigenvalue weighted by Crippen LogP contribution is 2.25. The zero-order chi connectivity index (χ0) is 15.2. The Morgan fingerprint density at radius 1 is 1.19 bits per heavy atom. The zero-order valence-corrected chi connectivity index (χ0v) is 13.8. The van der Waals surface area contributed by atoms with E-state index in [1.807, 2.05) is 43.4 Å². The summed E-state index contributed by atoms with van der Waals surface area (Å²) in [5.74, 6) is 0.668. The second kappa shape index (κ2) is 7.57. The van der Waals surface area contributed by atoms with Crippen molar-refractivity contribution in [1.29, 1.82) is 0 Å². The number of aryl methyl sites for hydroxylation is 1. The molecule has 0 amide bonds. The fraction of sp³-hybridized carbons (Fsp3) is 0.294. The third-order valence-corrected chi connectivity index (χ3v) is 4.06. The monoisotopic (exact) mass is 351 g/mol. The molecule has 0 bridgehead atoms. The molecule has 2 nitrogen and oxygen atoms in total. The van der Waals surface area contributed by atoms with Crippen molar-refractivity contribution < 1.29 is 9.13 Å². The Morgan fingerprint density at radius 3 is 2.48 bits per heavy atom. The highest BCUT2D eigenvalue weighted by Gasteiger charge is 2.14. The van der Waals surface area contributed by atoms with Crippen LogP contribution >= 0.6 is 15.9 Å². The fourth-order valence-electron chi connectivity index (χ4n) is 2.34. The molecule has 0 heterocycles. The molecule has 0 aliphatic carbocycles.